The minimum Gasteiger partial charge on any atom is -0.393 e. The highest BCUT2D eigenvalue weighted by molar-refractivity contribution is 7.99. The summed E-state index contributed by atoms with van der Waals surface area (Å²) in [5.74, 6) is 0.953. The number of thioether (sulfide) groups is 1. The third kappa shape index (κ3) is 7.78. The van der Waals surface area contributed by atoms with Crippen molar-refractivity contribution in [2.75, 3.05) is 5.75 Å². The predicted molar refractivity (Wildman–Crippen MR) is 85.3 cm³/mol. The van der Waals surface area contributed by atoms with Crippen LogP contribution in [-0.2, 0) is 4.79 Å². The SMILES string of the molecule is CC(O)CC(C)NC(=O)CCCSc1ccc(Cl)cc1. The van der Waals surface area contributed by atoms with Crippen LogP contribution in [0.15, 0.2) is 29.2 Å². The Labute approximate surface area is 130 Å². The largest absolute Gasteiger partial charge is 0.393 e. The summed E-state index contributed by atoms with van der Waals surface area (Å²) in [5.41, 5.74) is 0. The van der Waals surface area contributed by atoms with Crippen LogP contribution in [0.1, 0.15) is 33.1 Å². The molecule has 0 saturated heterocycles. The van der Waals surface area contributed by atoms with E-state index in [2.05, 4.69) is 5.32 Å². The molecule has 112 valence electrons. The normalized spacial score (nSPS) is 13.8. The molecule has 1 rings (SSSR count). The number of aliphatic hydroxyl groups is 1. The Morgan fingerprint density at radius 3 is 2.60 bits per heavy atom. The van der Waals surface area contributed by atoms with E-state index in [0.29, 0.717) is 12.8 Å². The topological polar surface area (TPSA) is 49.3 Å². The van der Waals surface area contributed by atoms with Crippen LogP contribution in [0.5, 0.6) is 0 Å². The fourth-order valence-corrected chi connectivity index (χ4v) is 2.85. The number of benzene rings is 1. The maximum absolute atomic E-state index is 11.7. The van der Waals surface area contributed by atoms with Gasteiger partial charge in [0, 0.05) is 22.4 Å². The van der Waals surface area contributed by atoms with Gasteiger partial charge in [-0.1, -0.05) is 11.6 Å². The van der Waals surface area contributed by atoms with E-state index < -0.39 is 0 Å². The lowest BCUT2D eigenvalue weighted by Crippen LogP contribution is -2.34. The van der Waals surface area contributed by atoms with Crippen molar-refractivity contribution in [3.05, 3.63) is 29.3 Å². The number of carbonyl (C=O) groups excluding carboxylic acids is 1. The van der Waals surface area contributed by atoms with E-state index in [1.165, 1.54) is 0 Å². The number of rotatable bonds is 8. The molecule has 0 radical (unpaired) electrons. The van der Waals surface area contributed by atoms with Crippen molar-refractivity contribution in [2.45, 2.75) is 50.2 Å². The van der Waals surface area contributed by atoms with Gasteiger partial charge in [-0.25, -0.2) is 0 Å². The molecule has 0 bridgehead atoms. The van der Waals surface area contributed by atoms with Crippen LogP contribution < -0.4 is 5.32 Å². The Hall–Kier alpha value is -0.710. The quantitative estimate of drug-likeness (QED) is 0.570. The van der Waals surface area contributed by atoms with Gasteiger partial charge in [0.05, 0.1) is 6.10 Å². The van der Waals surface area contributed by atoms with Crippen molar-refractivity contribution in [1.29, 1.82) is 0 Å². The van der Waals surface area contributed by atoms with Gasteiger partial charge in [-0.05, 0) is 56.7 Å². The number of amides is 1. The van der Waals surface area contributed by atoms with Gasteiger partial charge in [0.2, 0.25) is 5.91 Å². The Bertz CT molecular complexity index is 409. The summed E-state index contributed by atoms with van der Waals surface area (Å²) in [6.45, 7) is 3.64. The molecule has 2 unspecified atom stereocenters. The standard InChI is InChI=1S/C15H22ClNO2S/c1-11(10-12(2)18)17-15(19)4-3-9-20-14-7-5-13(16)6-8-14/h5-8,11-12,18H,3-4,9-10H2,1-2H3,(H,17,19). The number of aliphatic hydroxyl groups excluding tert-OH is 1. The van der Waals surface area contributed by atoms with Gasteiger partial charge in [-0.2, -0.15) is 0 Å². The van der Waals surface area contributed by atoms with Crippen LogP contribution in [0.2, 0.25) is 5.02 Å². The molecule has 0 aromatic heterocycles. The second-order valence-corrected chi connectivity index (χ2v) is 6.56. The van der Waals surface area contributed by atoms with Crippen LogP contribution in [-0.4, -0.2) is 28.9 Å². The summed E-state index contributed by atoms with van der Waals surface area (Å²) in [7, 11) is 0. The highest BCUT2D eigenvalue weighted by Gasteiger charge is 2.09. The molecule has 1 amide bonds. The summed E-state index contributed by atoms with van der Waals surface area (Å²) in [5, 5.41) is 12.9. The number of hydrogen-bond acceptors (Lipinski definition) is 3. The lowest BCUT2D eigenvalue weighted by molar-refractivity contribution is -0.121. The molecule has 0 fully saturated rings. The monoisotopic (exact) mass is 315 g/mol. The smallest absolute Gasteiger partial charge is 0.220 e. The lowest BCUT2D eigenvalue weighted by Gasteiger charge is -2.15. The van der Waals surface area contributed by atoms with E-state index in [0.717, 1.165) is 22.1 Å². The van der Waals surface area contributed by atoms with Gasteiger partial charge in [0.25, 0.3) is 0 Å². The van der Waals surface area contributed by atoms with Crippen molar-refractivity contribution >= 4 is 29.3 Å². The molecule has 1 aromatic carbocycles. The van der Waals surface area contributed by atoms with Gasteiger partial charge >= 0.3 is 0 Å². The first-order valence-corrected chi connectivity index (χ1v) is 8.19. The van der Waals surface area contributed by atoms with Crippen LogP contribution in [0.4, 0.5) is 0 Å². The molecule has 20 heavy (non-hydrogen) atoms. The Kier molecular flexibility index (Phi) is 8.04. The molecule has 0 spiro atoms. The maximum Gasteiger partial charge on any atom is 0.220 e. The third-order valence-corrected chi connectivity index (χ3v) is 4.08. The Balaban J connectivity index is 2.14. The number of carbonyl (C=O) groups is 1. The second-order valence-electron chi connectivity index (χ2n) is 4.96. The molecule has 0 aliphatic rings. The van der Waals surface area contributed by atoms with Crippen LogP contribution in [0, 0.1) is 0 Å². The highest BCUT2D eigenvalue weighted by atomic mass is 35.5. The lowest BCUT2D eigenvalue weighted by atomic mass is 10.1. The zero-order chi connectivity index (χ0) is 15.0. The molecule has 3 nitrogen and oxygen atoms in total. The summed E-state index contributed by atoms with van der Waals surface area (Å²) in [6, 6.07) is 7.73. The summed E-state index contributed by atoms with van der Waals surface area (Å²) in [6.07, 6.45) is 1.56. The molecular formula is C15H22ClNO2S. The van der Waals surface area contributed by atoms with Crippen LogP contribution in [0.3, 0.4) is 0 Å². The number of halogens is 1. The van der Waals surface area contributed by atoms with Gasteiger partial charge in [-0.3, -0.25) is 4.79 Å². The minimum absolute atomic E-state index is 0.0198. The zero-order valence-corrected chi connectivity index (χ0v) is 13.5. The fourth-order valence-electron chi connectivity index (χ4n) is 1.87. The van der Waals surface area contributed by atoms with Crippen molar-refractivity contribution < 1.29 is 9.90 Å². The van der Waals surface area contributed by atoms with E-state index in [1.54, 1.807) is 18.7 Å². The van der Waals surface area contributed by atoms with E-state index >= 15 is 0 Å². The van der Waals surface area contributed by atoms with E-state index in [4.69, 9.17) is 11.6 Å². The molecule has 5 heteroatoms. The van der Waals surface area contributed by atoms with Gasteiger partial charge in [0.1, 0.15) is 0 Å². The highest BCUT2D eigenvalue weighted by Crippen LogP contribution is 2.21. The van der Waals surface area contributed by atoms with Crippen molar-refractivity contribution in [2.24, 2.45) is 0 Å². The first-order valence-electron chi connectivity index (χ1n) is 6.83. The summed E-state index contributed by atoms with van der Waals surface area (Å²) >= 11 is 7.54. The van der Waals surface area contributed by atoms with Crippen molar-refractivity contribution in [3.8, 4) is 0 Å². The summed E-state index contributed by atoms with van der Waals surface area (Å²) < 4.78 is 0. The van der Waals surface area contributed by atoms with Crippen LogP contribution in [0.25, 0.3) is 0 Å². The molecule has 0 heterocycles. The second kappa shape index (κ2) is 9.27. The molecule has 2 atom stereocenters. The molecular weight excluding hydrogens is 294 g/mol. The first-order chi connectivity index (χ1) is 9.47. The molecule has 2 N–H and O–H groups in total. The Morgan fingerprint density at radius 2 is 2.00 bits per heavy atom. The number of hydrogen-bond donors (Lipinski definition) is 2. The molecule has 1 aromatic rings. The molecule has 0 saturated carbocycles. The van der Waals surface area contributed by atoms with Crippen molar-refractivity contribution in [3.63, 3.8) is 0 Å². The predicted octanol–water partition coefficient (Wildman–Crippen LogP) is 3.49. The van der Waals surface area contributed by atoms with Gasteiger partial charge in [-0.15, -0.1) is 11.8 Å². The van der Waals surface area contributed by atoms with Crippen molar-refractivity contribution in [1.82, 2.24) is 5.32 Å². The van der Waals surface area contributed by atoms with E-state index in [9.17, 15) is 9.90 Å². The molecule has 0 aliphatic carbocycles. The third-order valence-electron chi connectivity index (χ3n) is 2.73. The average Bonchev–Trinajstić information content (AvgIpc) is 2.35. The zero-order valence-electron chi connectivity index (χ0n) is 11.9. The van der Waals surface area contributed by atoms with Gasteiger partial charge in [0.15, 0.2) is 0 Å². The number of nitrogens with one attached hydrogen (secondary N) is 1. The first kappa shape index (κ1) is 17.3. The van der Waals surface area contributed by atoms with E-state index in [-0.39, 0.29) is 18.1 Å². The fraction of sp³-hybridized carbons (Fsp3) is 0.533. The minimum atomic E-state index is -0.384. The maximum atomic E-state index is 11.7. The van der Waals surface area contributed by atoms with Gasteiger partial charge < -0.3 is 10.4 Å². The average molecular weight is 316 g/mol. The van der Waals surface area contributed by atoms with Crippen LogP contribution >= 0.6 is 23.4 Å². The van der Waals surface area contributed by atoms with E-state index in [1.807, 2.05) is 31.2 Å². The summed E-state index contributed by atoms with van der Waals surface area (Å²) in [4.78, 5) is 12.8. The Morgan fingerprint density at radius 1 is 1.35 bits per heavy atom. The molecule has 0 aliphatic heterocycles.